The second-order valence-corrected chi connectivity index (χ2v) is 7.53. The Balaban J connectivity index is 1.64. The summed E-state index contributed by atoms with van der Waals surface area (Å²) in [6.45, 7) is 2.67. The normalized spacial score (nSPS) is 15.3. The maximum atomic E-state index is 12.3. The average molecular weight is 336 g/mol. The van der Waals surface area contributed by atoms with Crippen LogP contribution < -0.4 is 0 Å². The van der Waals surface area contributed by atoms with Crippen LogP contribution in [0.1, 0.15) is 5.69 Å². The molecule has 0 radical (unpaired) electrons. The van der Waals surface area contributed by atoms with E-state index in [4.69, 9.17) is 0 Å². The standard InChI is InChI=1S/C14H16N4O4S/c19-18(20)12-1-3-14(4-2-12)23(21,22)8-7-16-5-6-17-11-15-9-13(17)10-16/h1-4,9,11H,5-8,10H2. The minimum Gasteiger partial charge on any atom is -0.332 e. The molecular weight excluding hydrogens is 320 g/mol. The number of rotatable bonds is 5. The van der Waals surface area contributed by atoms with Crippen molar-refractivity contribution in [3.05, 3.63) is 52.6 Å². The minimum atomic E-state index is -3.45. The number of nitrogens with zero attached hydrogens (tertiary/aromatic N) is 4. The van der Waals surface area contributed by atoms with Crippen molar-refractivity contribution in [1.82, 2.24) is 14.5 Å². The van der Waals surface area contributed by atoms with Gasteiger partial charge in [0.1, 0.15) is 0 Å². The number of aromatic nitrogens is 2. The lowest BCUT2D eigenvalue weighted by molar-refractivity contribution is -0.384. The number of benzene rings is 1. The monoisotopic (exact) mass is 336 g/mol. The van der Waals surface area contributed by atoms with Crippen LogP contribution >= 0.6 is 0 Å². The van der Waals surface area contributed by atoms with Crippen molar-refractivity contribution in [3.63, 3.8) is 0 Å². The first-order valence-electron chi connectivity index (χ1n) is 7.14. The average Bonchev–Trinajstić information content (AvgIpc) is 3.01. The summed E-state index contributed by atoms with van der Waals surface area (Å²) >= 11 is 0. The van der Waals surface area contributed by atoms with Crippen molar-refractivity contribution in [1.29, 1.82) is 0 Å². The predicted octanol–water partition coefficient (Wildman–Crippen LogP) is 1.08. The highest BCUT2D eigenvalue weighted by Gasteiger charge is 2.20. The molecule has 0 bridgehead atoms. The van der Waals surface area contributed by atoms with E-state index in [1.807, 2.05) is 0 Å². The van der Waals surface area contributed by atoms with Crippen LogP contribution in [0.15, 0.2) is 41.7 Å². The van der Waals surface area contributed by atoms with Crippen molar-refractivity contribution in [2.24, 2.45) is 0 Å². The molecule has 0 saturated carbocycles. The number of nitro benzene ring substituents is 1. The fourth-order valence-electron chi connectivity index (χ4n) is 2.57. The van der Waals surface area contributed by atoms with Crippen LogP contribution in [0.3, 0.4) is 0 Å². The summed E-state index contributed by atoms with van der Waals surface area (Å²) in [5.74, 6) is -0.0149. The van der Waals surface area contributed by atoms with E-state index in [9.17, 15) is 18.5 Å². The molecule has 8 nitrogen and oxygen atoms in total. The van der Waals surface area contributed by atoms with Gasteiger partial charge in [-0.15, -0.1) is 0 Å². The number of nitro groups is 1. The lowest BCUT2D eigenvalue weighted by Gasteiger charge is -2.27. The SMILES string of the molecule is O=[N+]([O-])c1ccc(S(=O)(=O)CCN2CCn3cncc3C2)cc1. The van der Waals surface area contributed by atoms with Crippen LogP contribution in [-0.2, 0) is 22.9 Å². The number of non-ortho nitro benzene ring substituents is 1. The van der Waals surface area contributed by atoms with E-state index in [1.165, 1.54) is 24.3 Å². The van der Waals surface area contributed by atoms with Crippen LogP contribution in [0.25, 0.3) is 0 Å². The number of imidazole rings is 1. The fraction of sp³-hybridized carbons (Fsp3) is 0.357. The molecule has 1 aromatic carbocycles. The van der Waals surface area contributed by atoms with E-state index in [0.29, 0.717) is 13.1 Å². The summed E-state index contributed by atoms with van der Waals surface area (Å²) in [5, 5.41) is 10.6. The Morgan fingerprint density at radius 2 is 1.96 bits per heavy atom. The zero-order chi connectivity index (χ0) is 16.4. The van der Waals surface area contributed by atoms with E-state index < -0.39 is 14.8 Å². The maximum Gasteiger partial charge on any atom is 0.269 e. The van der Waals surface area contributed by atoms with Crippen molar-refractivity contribution in [3.8, 4) is 0 Å². The molecule has 0 unspecified atom stereocenters. The highest BCUT2D eigenvalue weighted by Crippen LogP contribution is 2.18. The van der Waals surface area contributed by atoms with Gasteiger partial charge in [0.05, 0.1) is 27.6 Å². The van der Waals surface area contributed by atoms with Gasteiger partial charge in [-0.05, 0) is 12.1 Å². The summed E-state index contributed by atoms with van der Waals surface area (Å²) in [5.41, 5.74) is 0.956. The van der Waals surface area contributed by atoms with Gasteiger partial charge in [-0.25, -0.2) is 13.4 Å². The van der Waals surface area contributed by atoms with Gasteiger partial charge in [0.2, 0.25) is 0 Å². The van der Waals surface area contributed by atoms with Crippen molar-refractivity contribution < 1.29 is 13.3 Å². The minimum absolute atomic E-state index is 0.0149. The molecule has 0 N–H and O–H groups in total. The summed E-state index contributed by atoms with van der Waals surface area (Å²) in [7, 11) is -3.45. The van der Waals surface area contributed by atoms with Gasteiger partial charge in [0.15, 0.2) is 9.84 Å². The molecular formula is C14H16N4O4S. The zero-order valence-corrected chi connectivity index (χ0v) is 13.1. The molecule has 1 aliphatic heterocycles. The third-order valence-electron chi connectivity index (χ3n) is 3.92. The zero-order valence-electron chi connectivity index (χ0n) is 12.3. The molecule has 0 spiro atoms. The molecule has 0 saturated heterocycles. The summed E-state index contributed by atoms with van der Waals surface area (Å²) in [6.07, 6.45) is 3.57. The van der Waals surface area contributed by atoms with Gasteiger partial charge in [0, 0.05) is 44.5 Å². The highest BCUT2D eigenvalue weighted by molar-refractivity contribution is 7.91. The number of sulfone groups is 1. The fourth-order valence-corrected chi connectivity index (χ4v) is 3.86. The Bertz CT molecular complexity index is 814. The van der Waals surface area contributed by atoms with Crippen LogP contribution in [0.5, 0.6) is 0 Å². The van der Waals surface area contributed by atoms with E-state index in [1.54, 1.807) is 12.5 Å². The molecule has 0 fully saturated rings. The molecule has 122 valence electrons. The molecule has 23 heavy (non-hydrogen) atoms. The van der Waals surface area contributed by atoms with Crippen LogP contribution in [0, 0.1) is 10.1 Å². The second kappa shape index (κ2) is 6.09. The lowest BCUT2D eigenvalue weighted by atomic mass is 10.3. The third kappa shape index (κ3) is 3.40. The van der Waals surface area contributed by atoms with Gasteiger partial charge in [-0.2, -0.15) is 0 Å². The first-order chi connectivity index (χ1) is 11.0. The van der Waals surface area contributed by atoms with Crippen LogP contribution in [0.2, 0.25) is 0 Å². The van der Waals surface area contributed by atoms with Crippen molar-refractivity contribution in [2.75, 3.05) is 18.8 Å². The smallest absolute Gasteiger partial charge is 0.269 e. The van der Waals surface area contributed by atoms with Gasteiger partial charge in [-0.1, -0.05) is 0 Å². The summed E-state index contributed by atoms with van der Waals surface area (Å²) in [4.78, 5) is 16.3. The number of fused-ring (bicyclic) bond motifs is 1. The molecule has 1 aromatic heterocycles. The van der Waals surface area contributed by atoms with Crippen molar-refractivity contribution >= 4 is 15.5 Å². The van der Waals surface area contributed by atoms with Crippen LogP contribution in [-0.4, -0.2) is 46.6 Å². The molecule has 3 rings (SSSR count). The number of hydrogen-bond acceptors (Lipinski definition) is 6. The van der Waals surface area contributed by atoms with E-state index in [2.05, 4.69) is 14.5 Å². The topological polar surface area (TPSA) is 98.3 Å². The Morgan fingerprint density at radius 3 is 2.65 bits per heavy atom. The van der Waals surface area contributed by atoms with Crippen LogP contribution in [0.4, 0.5) is 5.69 Å². The van der Waals surface area contributed by atoms with E-state index in [-0.39, 0.29) is 16.3 Å². The highest BCUT2D eigenvalue weighted by atomic mass is 32.2. The molecule has 0 aliphatic carbocycles. The number of hydrogen-bond donors (Lipinski definition) is 0. The predicted molar refractivity (Wildman–Crippen MR) is 82.7 cm³/mol. The Morgan fingerprint density at radius 1 is 1.22 bits per heavy atom. The second-order valence-electron chi connectivity index (χ2n) is 5.42. The first kappa shape index (κ1) is 15.6. The van der Waals surface area contributed by atoms with Crippen molar-refractivity contribution in [2.45, 2.75) is 18.0 Å². The van der Waals surface area contributed by atoms with Gasteiger partial charge in [-0.3, -0.25) is 15.0 Å². The maximum absolute atomic E-state index is 12.3. The summed E-state index contributed by atoms with van der Waals surface area (Å²) in [6, 6.07) is 5.01. The Labute approximate surface area is 133 Å². The Hall–Kier alpha value is -2.26. The van der Waals surface area contributed by atoms with E-state index in [0.717, 1.165) is 18.8 Å². The Kier molecular flexibility index (Phi) is 4.14. The molecule has 1 aliphatic rings. The lowest BCUT2D eigenvalue weighted by Crippen LogP contribution is -2.36. The van der Waals surface area contributed by atoms with Gasteiger partial charge >= 0.3 is 0 Å². The molecule has 0 atom stereocenters. The summed E-state index contributed by atoms with van der Waals surface area (Å²) < 4.78 is 26.7. The molecule has 2 heterocycles. The quantitative estimate of drug-likeness (QED) is 0.598. The molecule has 0 amide bonds. The van der Waals surface area contributed by atoms with Gasteiger partial charge < -0.3 is 4.57 Å². The third-order valence-corrected chi connectivity index (χ3v) is 5.63. The first-order valence-corrected chi connectivity index (χ1v) is 8.79. The molecule has 9 heteroatoms. The largest absolute Gasteiger partial charge is 0.332 e. The van der Waals surface area contributed by atoms with Gasteiger partial charge in [0.25, 0.3) is 5.69 Å². The van der Waals surface area contributed by atoms with E-state index >= 15 is 0 Å². The molecule has 2 aromatic rings.